The predicted molar refractivity (Wildman–Crippen MR) is 87.2 cm³/mol. The molecule has 1 fully saturated rings. The molecule has 3 heteroatoms. The fourth-order valence-electron chi connectivity index (χ4n) is 3.26. The third-order valence-corrected chi connectivity index (χ3v) is 5.26. The van der Waals surface area contributed by atoms with Crippen molar-refractivity contribution in [1.29, 1.82) is 0 Å². The van der Waals surface area contributed by atoms with Crippen molar-refractivity contribution < 1.29 is 0 Å². The van der Waals surface area contributed by atoms with E-state index in [1.165, 1.54) is 31.2 Å². The van der Waals surface area contributed by atoms with Crippen LogP contribution in [0.4, 0.5) is 0 Å². The number of rotatable bonds is 4. The van der Waals surface area contributed by atoms with Crippen LogP contribution in [0.3, 0.4) is 0 Å². The van der Waals surface area contributed by atoms with Gasteiger partial charge in [-0.05, 0) is 62.8 Å². The predicted octanol–water partition coefficient (Wildman–Crippen LogP) is 4.16. The number of likely N-dealkylation sites (N-methyl/N-ethyl adjacent to an activating group) is 1. The van der Waals surface area contributed by atoms with Crippen LogP contribution in [-0.2, 0) is 0 Å². The van der Waals surface area contributed by atoms with E-state index in [1.54, 1.807) is 0 Å². The van der Waals surface area contributed by atoms with Crippen molar-refractivity contribution >= 4 is 11.6 Å². The molecule has 20 heavy (non-hydrogen) atoms. The highest BCUT2D eigenvalue weighted by Gasteiger charge is 2.26. The summed E-state index contributed by atoms with van der Waals surface area (Å²) in [6.45, 7) is 5.04. The molecule has 1 aliphatic carbocycles. The number of nitrogens with zero attached hydrogens (tertiary/aromatic N) is 1. The summed E-state index contributed by atoms with van der Waals surface area (Å²) < 4.78 is 0. The third kappa shape index (κ3) is 3.55. The van der Waals surface area contributed by atoms with E-state index >= 15 is 0 Å². The molecule has 0 radical (unpaired) electrons. The van der Waals surface area contributed by atoms with Crippen molar-refractivity contribution in [3.05, 3.63) is 34.3 Å². The molecule has 2 nitrogen and oxygen atoms in total. The Labute approximate surface area is 128 Å². The summed E-state index contributed by atoms with van der Waals surface area (Å²) in [6, 6.07) is 7.26. The molecule has 0 heterocycles. The van der Waals surface area contributed by atoms with Crippen molar-refractivity contribution in [3.8, 4) is 0 Å². The summed E-state index contributed by atoms with van der Waals surface area (Å²) in [5, 5.41) is 0.839. The van der Waals surface area contributed by atoms with Crippen LogP contribution in [0.2, 0.25) is 5.02 Å². The van der Waals surface area contributed by atoms with Gasteiger partial charge in [0, 0.05) is 23.7 Å². The smallest absolute Gasteiger partial charge is 0.0470 e. The maximum Gasteiger partial charge on any atom is 0.0470 e. The van der Waals surface area contributed by atoms with Gasteiger partial charge < -0.3 is 5.73 Å². The molecular formula is C17H27ClN2. The highest BCUT2D eigenvalue weighted by Crippen LogP contribution is 2.32. The molecular weight excluding hydrogens is 268 g/mol. The summed E-state index contributed by atoms with van der Waals surface area (Å²) in [7, 11) is 2.21. The first kappa shape index (κ1) is 15.8. The van der Waals surface area contributed by atoms with Crippen molar-refractivity contribution in [3.63, 3.8) is 0 Å². The van der Waals surface area contributed by atoms with Gasteiger partial charge in [0.1, 0.15) is 0 Å². The molecule has 0 aliphatic heterocycles. The second-order valence-corrected chi connectivity index (χ2v) is 6.75. The van der Waals surface area contributed by atoms with E-state index in [1.807, 2.05) is 6.92 Å². The van der Waals surface area contributed by atoms with E-state index in [4.69, 9.17) is 17.3 Å². The lowest BCUT2D eigenvalue weighted by atomic mass is 9.86. The van der Waals surface area contributed by atoms with Gasteiger partial charge in [0.05, 0.1) is 0 Å². The summed E-state index contributed by atoms with van der Waals surface area (Å²) in [6.07, 6.45) is 5.24. The summed E-state index contributed by atoms with van der Waals surface area (Å²) in [5.41, 5.74) is 8.41. The molecule has 0 amide bonds. The number of halogens is 1. The van der Waals surface area contributed by atoms with Crippen LogP contribution in [0.25, 0.3) is 0 Å². The van der Waals surface area contributed by atoms with Gasteiger partial charge >= 0.3 is 0 Å². The van der Waals surface area contributed by atoms with Crippen LogP contribution < -0.4 is 5.73 Å². The van der Waals surface area contributed by atoms with Crippen molar-refractivity contribution in [2.45, 2.75) is 51.6 Å². The minimum Gasteiger partial charge on any atom is -0.329 e. The topological polar surface area (TPSA) is 29.3 Å². The Balaban J connectivity index is 2.12. The van der Waals surface area contributed by atoms with E-state index in [2.05, 4.69) is 37.1 Å². The summed E-state index contributed by atoms with van der Waals surface area (Å²) >= 11 is 6.27. The number of hydrogen-bond acceptors (Lipinski definition) is 2. The van der Waals surface area contributed by atoms with Gasteiger partial charge in [0.2, 0.25) is 0 Å². The van der Waals surface area contributed by atoms with Crippen molar-refractivity contribution in [1.82, 2.24) is 4.90 Å². The Morgan fingerprint density at radius 3 is 2.50 bits per heavy atom. The normalized spacial score (nSPS) is 24.9. The van der Waals surface area contributed by atoms with Gasteiger partial charge in [-0.15, -0.1) is 0 Å². The molecule has 1 aromatic carbocycles. The number of nitrogens with two attached hydrogens (primary N) is 1. The largest absolute Gasteiger partial charge is 0.329 e. The first-order valence-corrected chi connectivity index (χ1v) is 8.08. The zero-order valence-electron chi connectivity index (χ0n) is 12.9. The monoisotopic (exact) mass is 294 g/mol. The van der Waals surface area contributed by atoms with E-state index < -0.39 is 0 Å². The Morgan fingerprint density at radius 1 is 1.30 bits per heavy atom. The van der Waals surface area contributed by atoms with Gasteiger partial charge in [0.15, 0.2) is 0 Å². The van der Waals surface area contributed by atoms with Gasteiger partial charge in [-0.3, -0.25) is 4.90 Å². The lowest BCUT2D eigenvalue weighted by Crippen LogP contribution is -2.40. The quantitative estimate of drug-likeness (QED) is 0.903. The molecule has 0 spiro atoms. The van der Waals surface area contributed by atoms with Gasteiger partial charge in [-0.1, -0.05) is 30.7 Å². The average Bonchev–Trinajstić information content (AvgIpc) is 2.44. The third-order valence-electron chi connectivity index (χ3n) is 4.86. The van der Waals surface area contributed by atoms with E-state index in [0.717, 1.165) is 16.5 Å². The molecule has 112 valence electrons. The van der Waals surface area contributed by atoms with Crippen LogP contribution in [0.5, 0.6) is 0 Å². The molecule has 0 aromatic heterocycles. The van der Waals surface area contributed by atoms with E-state index in [9.17, 15) is 0 Å². The first-order chi connectivity index (χ1) is 9.52. The minimum atomic E-state index is 0.270. The average molecular weight is 295 g/mol. The van der Waals surface area contributed by atoms with E-state index in [0.29, 0.717) is 12.6 Å². The molecule has 1 atom stereocenters. The SMILES string of the molecule is Cc1ccc(C(CN)N(C)C2CCC(C)CC2)cc1Cl. The zero-order valence-corrected chi connectivity index (χ0v) is 13.7. The first-order valence-electron chi connectivity index (χ1n) is 7.71. The maximum absolute atomic E-state index is 6.27. The number of aryl methyl sites for hydroxylation is 1. The molecule has 1 saturated carbocycles. The van der Waals surface area contributed by atoms with Crippen LogP contribution >= 0.6 is 11.6 Å². The van der Waals surface area contributed by atoms with Gasteiger partial charge in [-0.2, -0.15) is 0 Å². The maximum atomic E-state index is 6.27. The van der Waals surface area contributed by atoms with Crippen molar-refractivity contribution in [2.75, 3.05) is 13.6 Å². The molecule has 1 aromatic rings. The lowest BCUT2D eigenvalue weighted by Gasteiger charge is -2.38. The second-order valence-electron chi connectivity index (χ2n) is 6.34. The molecule has 2 N–H and O–H groups in total. The zero-order chi connectivity index (χ0) is 14.7. The second kappa shape index (κ2) is 6.93. The lowest BCUT2D eigenvalue weighted by molar-refractivity contribution is 0.126. The van der Waals surface area contributed by atoms with Gasteiger partial charge in [0.25, 0.3) is 0 Å². The number of hydrogen-bond donors (Lipinski definition) is 1. The Kier molecular flexibility index (Phi) is 5.48. The standard InChI is InChI=1S/C17H27ClN2/c1-12-4-8-15(9-5-12)20(3)17(11-19)14-7-6-13(2)16(18)10-14/h6-7,10,12,15,17H,4-5,8-9,11,19H2,1-3H3. The molecule has 1 aliphatic rings. The fourth-order valence-corrected chi connectivity index (χ4v) is 3.45. The Bertz CT molecular complexity index is 439. The Morgan fingerprint density at radius 2 is 1.95 bits per heavy atom. The molecule has 0 saturated heterocycles. The van der Waals surface area contributed by atoms with Crippen LogP contribution in [-0.4, -0.2) is 24.5 Å². The minimum absolute atomic E-state index is 0.270. The van der Waals surface area contributed by atoms with Gasteiger partial charge in [-0.25, -0.2) is 0 Å². The molecule has 0 bridgehead atoms. The van der Waals surface area contributed by atoms with E-state index in [-0.39, 0.29) is 6.04 Å². The molecule has 2 rings (SSSR count). The van der Waals surface area contributed by atoms with Crippen molar-refractivity contribution in [2.24, 2.45) is 11.7 Å². The molecule has 1 unspecified atom stereocenters. The Hall–Kier alpha value is -0.570. The fraction of sp³-hybridized carbons (Fsp3) is 0.647. The van der Waals surface area contributed by atoms with Crippen LogP contribution in [0.15, 0.2) is 18.2 Å². The van der Waals surface area contributed by atoms with Crippen LogP contribution in [0, 0.1) is 12.8 Å². The highest BCUT2D eigenvalue weighted by atomic mass is 35.5. The summed E-state index contributed by atoms with van der Waals surface area (Å²) in [4.78, 5) is 2.47. The number of benzene rings is 1. The summed E-state index contributed by atoms with van der Waals surface area (Å²) in [5.74, 6) is 0.879. The van der Waals surface area contributed by atoms with Crippen LogP contribution in [0.1, 0.15) is 49.8 Å². The highest BCUT2D eigenvalue weighted by molar-refractivity contribution is 6.31.